The summed E-state index contributed by atoms with van der Waals surface area (Å²) in [7, 11) is 1.80. The number of hydrogen-bond acceptors (Lipinski definition) is 3. The number of hydrogen-bond donors (Lipinski definition) is 1. The summed E-state index contributed by atoms with van der Waals surface area (Å²) in [4.78, 5) is 16.8. The molecule has 23 heavy (non-hydrogen) atoms. The fraction of sp³-hybridized carbons (Fsp3) is 0.222. The molecule has 0 saturated carbocycles. The minimum Gasteiger partial charge on any atom is -0.311 e. The van der Waals surface area contributed by atoms with Crippen molar-refractivity contribution >= 4 is 22.5 Å². The Morgan fingerprint density at radius 1 is 1.26 bits per heavy atom. The lowest BCUT2D eigenvalue weighted by molar-refractivity contribution is 0.558. The van der Waals surface area contributed by atoms with Crippen molar-refractivity contribution in [3.63, 3.8) is 0 Å². The van der Waals surface area contributed by atoms with Gasteiger partial charge in [0.2, 0.25) is 0 Å². The highest BCUT2D eigenvalue weighted by Crippen LogP contribution is 2.15. The largest absolute Gasteiger partial charge is 0.311 e. The first-order valence-corrected chi connectivity index (χ1v) is 7.86. The second-order valence-corrected chi connectivity index (χ2v) is 6.03. The number of nitrogens with zero attached hydrogens (tertiary/aromatic N) is 2. The Morgan fingerprint density at radius 2 is 2.04 bits per heavy atom. The molecule has 1 N–H and O–H groups in total. The number of halogens is 1. The van der Waals surface area contributed by atoms with Crippen LogP contribution >= 0.6 is 11.6 Å². The van der Waals surface area contributed by atoms with Crippen LogP contribution in [0.4, 0.5) is 0 Å². The molecule has 0 bridgehead atoms. The van der Waals surface area contributed by atoms with E-state index < -0.39 is 0 Å². The van der Waals surface area contributed by atoms with Crippen LogP contribution in [-0.4, -0.2) is 9.55 Å². The minimum absolute atomic E-state index is 0.0208. The van der Waals surface area contributed by atoms with Crippen LogP contribution in [0.1, 0.15) is 24.2 Å². The molecule has 0 saturated heterocycles. The Morgan fingerprint density at radius 3 is 2.78 bits per heavy atom. The maximum absolute atomic E-state index is 12.5. The molecule has 2 aromatic heterocycles. The van der Waals surface area contributed by atoms with Crippen LogP contribution in [0.2, 0.25) is 5.02 Å². The van der Waals surface area contributed by atoms with Gasteiger partial charge in [-0.05, 0) is 36.6 Å². The van der Waals surface area contributed by atoms with Gasteiger partial charge in [0.15, 0.2) is 0 Å². The molecule has 0 aliphatic carbocycles. The molecule has 5 heteroatoms. The lowest BCUT2D eigenvalue weighted by Crippen LogP contribution is -2.27. The second-order valence-electron chi connectivity index (χ2n) is 5.60. The molecule has 1 unspecified atom stereocenters. The second kappa shape index (κ2) is 6.52. The predicted octanol–water partition coefficient (Wildman–Crippen LogP) is 3.44. The fourth-order valence-corrected chi connectivity index (χ4v) is 2.74. The van der Waals surface area contributed by atoms with E-state index in [1.165, 1.54) is 0 Å². The zero-order valence-electron chi connectivity index (χ0n) is 13.1. The first kappa shape index (κ1) is 15.7. The molecular formula is C18H18ClN3O. The van der Waals surface area contributed by atoms with E-state index in [4.69, 9.17) is 11.6 Å². The van der Waals surface area contributed by atoms with Gasteiger partial charge in [-0.25, -0.2) is 0 Å². The van der Waals surface area contributed by atoms with Crippen molar-refractivity contribution in [2.24, 2.45) is 7.05 Å². The Hall–Kier alpha value is -2.17. The standard InChI is InChI=1S/C18H18ClN3O/c1-12(16-8-7-15(19)11-21-16)20-10-14-9-13-5-3-4-6-17(13)22(2)18(14)23/h3-9,11-12,20H,10H2,1-2H3. The average molecular weight is 328 g/mol. The summed E-state index contributed by atoms with van der Waals surface area (Å²) in [6.07, 6.45) is 1.63. The van der Waals surface area contributed by atoms with Crippen molar-refractivity contribution in [2.45, 2.75) is 19.5 Å². The highest BCUT2D eigenvalue weighted by atomic mass is 35.5. The van der Waals surface area contributed by atoms with E-state index in [-0.39, 0.29) is 11.6 Å². The van der Waals surface area contributed by atoms with Gasteiger partial charge in [-0.1, -0.05) is 29.8 Å². The van der Waals surface area contributed by atoms with Gasteiger partial charge in [0.25, 0.3) is 5.56 Å². The molecule has 0 aliphatic rings. The van der Waals surface area contributed by atoms with E-state index in [2.05, 4.69) is 10.3 Å². The highest BCUT2D eigenvalue weighted by molar-refractivity contribution is 6.30. The summed E-state index contributed by atoms with van der Waals surface area (Å²) >= 11 is 5.86. The van der Waals surface area contributed by atoms with Crippen LogP contribution in [0, 0.1) is 0 Å². The Bertz CT molecular complexity index is 887. The Kier molecular flexibility index (Phi) is 4.46. The van der Waals surface area contributed by atoms with E-state index in [1.807, 2.05) is 49.4 Å². The molecule has 3 aromatic rings. The quantitative estimate of drug-likeness (QED) is 0.798. The molecule has 0 fully saturated rings. The number of fused-ring (bicyclic) bond motifs is 1. The molecule has 0 radical (unpaired) electrons. The normalized spacial score (nSPS) is 12.5. The Labute approximate surface area is 139 Å². The van der Waals surface area contributed by atoms with Gasteiger partial charge in [-0.15, -0.1) is 0 Å². The molecule has 4 nitrogen and oxygen atoms in total. The summed E-state index contributed by atoms with van der Waals surface area (Å²) in [6.45, 7) is 2.50. The number of rotatable bonds is 4. The van der Waals surface area contributed by atoms with Crippen molar-refractivity contribution < 1.29 is 0 Å². The molecule has 0 amide bonds. The van der Waals surface area contributed by atoms with Crippen LogP contribution in [-0.2, 0) is 13.6 Å². The van der Waals surface area contributed by atoms with E-state index in [1.54, 1.807) is 17.8 Å². The van der Waals surface area contributed by atoms with Crippen LogP contribution in [0.3, 0.4) is 0 Å². The third kappa shape index (κ3) is 3.28. The maximum atomic E-state index is 12.5. The van der Waals surface area contributed by atoms with Crippen molar-refractivity contribution in [2.75, 3.05) is 0 Å². The number of aromatic nitrogens is 2. The van der Waals surface area contributed by atoms with Gasteiger partial charge in [0.05, 0.1) is 16.2 Å². The van der Waals surface area contributed by atoms with Gasteiger partial charge < -0.3 is 9.88 Å². The summed E-state index contributed by atoms with van der Waals surface area (Å²) in [6, 6.07) is 13.6. The lowest BCUT2D eigenvalue weighted by atomic mass is 10.1. The van der Waals surface area contributed by atoms with Gasteiger partial charge >= 0.3 is 0 Å². The highest BCUT2D eigenvalue weighted by Gasteiger charge is 2.10. The zero-order valence-corrected chi connectivity index (χ0v) is 13.8. The zero-order chi connectivity index (χ0) is 16.4. The molecule has 1 aromatic carbocycles. The fourth-order valence-electron chi connectivity index (χ4n) is 2.63. The third-order valence-corrected chi connectivity index (χ3v) is 4.22. The number of para-hydroxylation sites is 1. The van der Waals surface area contributed by atoms with E-state index in [0.717, 1.165) is 22.2 Å². The maximum Gasteiger partial charge on any atom is 0.255 e. The molecule has 1 atom stereocenters. The topological polar surface area (TPSA) is 46.9 Å². The number of pyridine rings is 2. The van der Waals surface area contributed by atoms with Gasteiger partial charge in [0.1, 0.15) is 0 Å². The van der Waals surface area contributed by atoms with E-state index in [9.17, 15) is 4.79 Å². The minimum atomic E-state index is 0.0208. The summed E-state index contributed by atoms with van der Waals surface area (Å²) in [5.41, 5.74) is 2.60. The molecule has 2 heterocycles. The van der Waals surface area contributed by atoms with Crippen molar-refractivity contribution in [1.82, 2.24) is 14.9 Å². The molecular weight excluding hydrogens is 310 g/mol. The average Bonchev–Trinajstić information content (AvgIpc) is 2.57. The SMILES string of the molecule is CC(NCc1cc2ccccc2n(C)c1=O)c1ccc(Cl)cn1. The van der Waals surface area contributed by atoms with Gasteiger partial charge in [0, 0.05) is 31.4 Å². The Balaban J connectivity index is 1.83. The van der Waals surface area contributed by atoms with Crippen molar-refractivity contribution in [1.29, 1.82) is 0 Å². The number of nitrogens with one attached hydrogen (secondary N) is 1. The van der Waals surface area contributed by atoms with Crippen LogP contribution < -0.4 is 10.9 Å². The van der Waals surface area contributed by atoms with Crippen LogP contribution in [0.5, 0.6) is 0 Å². The first-order valence-electron chi connectivity index (χ1n) is 7.49. The molecule has 118 valence electrons. The summed E-state index contributed by atoms with van der Waals surface area (Å²) < 4.78 is 1.69. The third-order valence-electron chi connectivity index (χ3n) is 4.00. The van der Waals surface area contributed by atoms with Gasteiger partial charge in [-0.2, -0.15) is 0 Å². The van der Waals surface area contributed by atoms with Crippen LogP contribution in [0.25, 0.3) is 10.9 Å². The smallest absolute Gasteiger partial charge is 0.255 e. The number of aryl methyl sites for hydroxylation is 1. The number of benzene rings is 1. The molecule has 0 spiro atoms. The van der Waals surface area contributed by atoms with Gasteiger partial charge in [-0.3, -0.25) is 9.78 Å². The predicted molar refractivity (Wildman–Crippen MR) is 93.7 cm³/mol. The molecule has 0 aliphatic heterocycles. The van der Waals surface area contributed by atoms with Crippen LogP contribution in [0.15, 0.2) is 53.5 Å². The lowest BCUT2D eigenvalue weighted by Gasteiger charge is -2.14. The molecule has 3 rings (SSSR count). The van der Waals surface area contributed by atoms with Crippen molar-refractivity contribution in [3.8, 4) is 0 Å². The van der Waals surface area contributed by atoms with Crippen molar-refractivity contribution in [3.05, 3.63) is 75.3 Å². The van der Waals surface area contributed by atoms with E-state index >= 15 is 0 Å². The first-order chi connectivity index (χ1) is 11.1. The van der Waals surface area contributed by atoms with E-state index in [0.29, 0.717) is 11.6 Å². The summed E-state index contributed by atoms with van der Waals surface area (Å²) in [5.74, 6) is 0. The summed E-state index contributed by atoms with van der Waals surface area (Å²) in [5, 5.41) is 5.02. The monoisotopic (exact) mass is 327 g/mol.